The molecule has 2 aromatic carbocycles. The lowest BCUT2D eigenvalue weighted by atomic mass is 9.76. The Morgan fingerprint density at radius 3 is 2.21 bits per heavy atom. The van der Waals surface area contributed by atoms with E-state index >= 15 is 0 Å². The van der Waals surface area contributed by atoms with Gasteiger partial charge in [0, 0.05) is 49.1 Å². The topological polar surface area (TPSA) is 85.4 Å². The van der Waals surface area contributed by atoms with Gasteiger partial charge in [0.15, 0.2) is 0 Å². The van der Waals surface area contributed by atoms with E-state index in [0.717, 1.165) is 37.9 Å². The van der Waals surface area contributed by atoms with Gasteiger partial charge in [0.05, 0.1) is 25.8 Å². The monoisotopic (exact) mass is 598 g/mol. The van der Waals surface area contributed by atoms with Crippen LogP contribution in [0.5, 0.6) is 17.2 Å². The lowest BCUT2D eigenvalue weighted by Crippen LogP contribution is -2.48. The second-order valence-corrected chi connectivity index (χ2v) is 13.1. The molecule has 4 rings (SSSR count). The van der Waals surface area contributed by atoms with E-state index in [1.807, 2.05) is 24.0 Å². The smallest absolute Gasteiger partial charge is 0.246 e. The number of benzene rings is 2. The summed E-state index contributed by atoms with van der Waals surface area (Å²) in [5.41, 5.74) is 0.399. The molecule has 2 aliphatic rings. The van der Waals surface area contributed by atoms with Gasteiger partial charge in [-0.3, -0.25) is 4.79 Å². The third-order valence-corrected chi connectivity index (χ3v) is 10.4. The summed E-state index contributed by atoms with van der Waals surface area (Å²) in [6.45, 7) is 4.24. The molecule has 2 aliphatic heterocycles. The summed E-state index contributed by atoms with van der Waals surface area (Å²) in [5.74, 6) is 1.27. The van der Waals surface area contributed by atoms with Crippen molar-refractivity contribution >= 4 is 39.1 Å². The minimum Gasteiger partial charge on any atom is -0.495 e. The van der Waals surface area contributed by atoms with Crippen LogP contribution in [0.2, 0.25) is 10.0 Å². The predicted molar refractivity (Wildman–Crippen MR) is 152 cm³/mol. The molecule has 2 fully saturated rings. The number of halogens is 2. The number of rotatable bonds is 9. The molecular formula is C28H36Cl2N2O6S. The van der Waals surface area contributed by atoms with Crippen molar-refractivity contribution in [2.45, 2.75) is 50.3 Å². The molecule has 0 spiro atoms. The van der Waals surface area contributed by atoms with Crippen LogP contribution in [0.4, 0.5) is 0 Å². The Morgan fingerprint density at radius 1 is 0.923 bits per heavy atom. The Balaban J connectivity index is 1.55. The normalized spacial score (nSPS) is 18.0. The Hall–Kier alpha value is -2.20. The lowest BCUT2D eigenvalue weighted by molar-refractivity contribution is -0.136. The van der Waals surface area contributed by atoms with Crippen molar-refractivity contribution in [2.75, 3.05) is 47.0 Å². The number of carbonyl (C=O) groups excluding carboxylic acids is 1. The van der Waals surface area contributed by atoms with Gasteiger partial charge < -0.3 is 19.1 Å². The van der Waals surface area contributed by atoms with Crippen molar-refractivity contribution in [1.82, 2.24) is 9.21 Å². The van der Waals surface area contributed by atoms with Gasteiger partial charge >= 0.3 is 0 Å². The van der Waals surface area contributed by atoms with E-state index in [-0.39, 0.29) is 34.7 Å². The molecule has 0 saturated carbocycles. The number of methoxy groups -OCH3 is 2. The molecule has 0 bridgehead atoms. The van der Waals surface area contributed by atoms with E-state index in [0.29, 0.717) is 42.4 Å². The second kappa shape index (κ2) is 12.5. The number of hydrogen-bond acceptors (Lipinski definition) is 6. The maximum absolute atomic E-state index is 13.7. The summed E-state index contributed by atoms with van der Waals surface area (Å²) in [4.78, 5) is 15.3. The van der Waals surface area contributed by atoms with Crippen LogP contribution in [0, 0.1) is 12.3 Å². The first-order valence-electron chi connectivity index (χ1n) is 13.2. The zero-order valence-electron chi connectivity index (χ0n) is 22.7. The number of aryl methyl sites for hydroxylation is 1. The zero-order chi connectivity index (χ0) is 28.2. The summed E-state index contributed by atoms with van der Waals surface area (Å²) >= 11 is 12.4. The molecule has 2 saturated heterocycles. The summed E-state index contributed by atoms with van der Waals surface area (Å²) in [6.07, 6.45) is 4.43. The summed E-state index contributed by atoms with van der Waals surface area (Å²) in [5, 5.41) is 0.840. The molecule has 0 N–H and O–H groups in total. The molecule has 1 amide bonds. The summed E-state index contributed by atoms with van der Waals surface area (Å²) < 4.78 is 45.6. The summed E-state index contributed by atoms with van der Waals surface area (Å²) in [6, 6.07) is 8.32. The maximum atomic E-state index is 13.7. The minimum absolute atomic E-state index is 0.0133. The fourth-order valence-corrected chi connectivity index (χ4v) is 7.29. The van der Waals surface area contributed by atoms with Crippen LogP contribution in [-0.2, 0) is 14.8 Å². The van der Waals surface area contributed by atoms with Gasteiger partial charge in [0.1, 0.15) is 22.1 Å². The first kappa shape index (κ1) is 29.8. The molecule has 0 atom stereocenters. The van der Waals surface area contributed by atoms with Crippen LogP contribution in [0.15, 0.2) is 35.2 Å². The zero-order valence-corrected chi connectivity index (χ0v) is 25.0. The fraction of sp³-hybridized carbons (Fsp3) is 0.536. The Kier molecular flexibility index (Phi) is 9.57. The highest BCUT2D eigenvalue weighted by atomic mass is 35.5. The van der Waals surface area contributed by atoms with E-state index in [1.165, 1.54) is 30.7 Å². The van der Waals surface area contributed by atoms with E-state index in [4.69, 9.17) is 37.4 Å². The SMILES string of the molecule is COc1cc(OC)c(S(=O)(=O)N2CCC(COc3ccc(Cl)c(C)c3)(CC(=O)N3CCCCC3)CC2)cc1Cl. The highest BCUT2D eigenvalue weighted by Gasteiger charge is 2.42. The molecule has 2 aromatic rings. The quantitative estimate of drug-likeness (QED) is 0.375. The number of sulfonamides is 1. The van der Waals surface area contributed by atoms with Gasteiger partial charge in [-0.2, -0.15) is 4.31 Å². The van der Waals surface area contributed by atoms with Crippen molar-refractivity contribution in [2.24, 2.45) is 5.41 Å². The largest absolute Gasteiger partial charge is 0.495 e. The van der Waals surface area contributed by atoms with Crippen LogP contribution >= 0.6 is 23.2 Å². The Labute approximate surface area is 241 Å². The van der Waals surface area contributed by atoms with E-state index in [9.17, 15) is 13.2 Å². The fourth-order valence-electron chi connectivity index (χ4n) is 5.27. The second-order valence-electron chi connectivity index (χ2n) is 10.4. The third-order valence-electron chi connectivity index (χ3n) is 7.75. The van der Waals surface area contributed by atoms with Crippen LogP contribution < -0.4 is 14.2 Å². The van der Waals surface area contributed by atoms with E-state index in [2.05, 4.69) is 0 Å². The molecule has 2 heterocycles. The average molecular weight is 600 g/mol. The summed E-state index contributed by atoms with van der Waals surface area (Å²) in [7, 11) is -1.05. The van der Waals surface area contributed by atoms with Crippen molar-refractivity contribution in [1.29, 1.82) is 0 Å². The molecule has 0 aliphatic carbocycles. The number of likely N-dealkylation sites (tertiary alicyclic amines) is 1. The van der Waals surface area contributed by atoms with Gasteiger partial charge in [0.2, 0.25) is 15.9 Å². The van der Waals surface area contributed by atoms with E-state index in [1.54, 1.807) is 6.07 Å². The molecule has 11 heteroatoms. The van der Waals surface area contributed by atoms with Crippen molar-refractivity contribution in [3.63, 3.8) is 0 Å². The van der Waals surface area contributed by atoms with Crippen molar-refractivity contribution in [3.8, 4) is 17.2 Å². The van der Waals surface area contributed by atoms with Gasteiger partial charge in [0.25, 0.3) is 0 Å². The Morgan fingerprint density at radius 2 is 1.59 bits per heavy atom. The van der Waals surface area contributed by atoms with Gasteiger partial charge in [-0.25, -0.2) is 8.42 Å². The highest BCUT2D eigenvalue weighted by molar-refractivity contribution is 7.89. The number of hydrogen-bond donors (Lipinski definition) is 0. The van der Waals surface area contributed by atoms with Crippen molar-refractivity contribution < 1.29 is 27.4 Å². The number of piperidine rings is 2. The Bertz CT molecular complexity index is 1290. The van der Waals surface area contributed by atoms with Crippen LogP contribution in [0.1, 0.15) is 44.1 Å². The molecular weight excluding hydrogens is 563 g/mol. The van der Waals surface area contributed by atoms with Gasteiger partial charge in [-0.15, -0.1) is 0 Å². The first-order chi connectivity index (χ1) is 18.6. The van der Waals surface area contributed by atoms with Crippen molar-refractivity contribution in [3.05, 3.63) is 45.9 Å². The molecule has 214 valence electrons. The molecule has 0 aromatic heterocycles. The molecule has 39 heavy (non-hydrogen) atoms. The number of amides is 1. The predicted octanol–water partition coefficient (Wildman–Crippen LogP) is 5.57. The van der Waals surface area contributed by atoms with Crippen LogP contribution in [0.3, 0.4) is 0 Å². The van der Waals surface area contributed by atoms with Crippen LogP contribution in [0.25, 0.3) is 0 Å². The third kappa shape index (κ3) is 6.76. The molecule has 8 nitrogen and oxygen atoms in total. The average Bonchev–Trinajstić information content (AvgIpc) is 2.94. The van der Waals surface area contributed by atoms with E-state index < -0.39 is 15.4 Å². The molecule has 0 unspecified atom stereocenters. The maximum Gasteiger partial charge on any atom is 0.246 e. The number of nitrogens with zero attached hydrogens (tertiary/aromatic N) is 2. The van der Waals surface area contributed by atoms with Crippen LogP contribution in [-0.4, -0.2) is 70.5 Å². The number of ether oxygens (including phenoxy) is 3. The molecule has 0 radical (unpaired) electrons. The first-order valence-corrected chi connectivity index (χ1v) is 15.4. The highest BCUT2D eigenvalue weighted by Crippen LogP contribution is 2.41. The number of carbonyl (C=O) groups is 1. The standard InChI is InChI=1S/C28H36Cl2N2O6S/c1-20-15-21(7-8-22(20)29)38-19-28(18-27(33)31-11-5-4-6-12-31)9-13-32(14-10-28)39(34,35)26-16-23(30)24(36-2)17-25(26)37-3/h7-8,15-17H,4-6,9-14,18-19H2,1-3H3. The lowest BCUT2D eigenvalue weighted by Gasteiger charge is -2.42. The van der Waals surface area contributed by atoms with Gasteiger partial charge in [-0.05, 0) is 68.9 Å². The van der Waals surface area contributed by atoms with Gasteiger partial charge in [-0.1, -0.05) is 23.2 Å². The minimum atomic E-state index is -3.91.